The molecule has 2 rings (SSSR count). The van der Waals surface area contributed by atoms with Gasteiger partial charge in [-0.1, -0.05) is 0 Å². The van der Waals surface area contributed by atoms with Gasteiger partial charge in [-0.3, -0.25) is 0 Å². The Morgan fingerprint density at radius 2 is 2.50 bits per heavy atom. The molecule has 0 fully saturated rings. The van der Waals surface area contributed by atoms with Crippen LogP contribution in [0, 0.1) is 6.92 Å². The van der Waals surface area contributed by atoms with Crippen LogP contribution in [0.5, 0.6) is 0 Å². The molecule has 1 N–H and O–H groups in total. The number of aryl methyl sites for hydroxylation is 2. The minimum atomic E-state index is -0.213. The summed E-state index contributed by atoms with van der Waals surface area (Å²) < 4.78 is 2.12. The predicted molar refractivity (Wildman–Crippen MR) is 38.7 cm³/mol. The molecule has 0 saturated carbocycles. The second-order valence-electron chi connectivity index (χ2n) is 2.88. The maximum absolute atomic E-state index is 9.43. The fourth-order valence-corrected chi connectivity index (χ4v) is 1.64. The Balaban J connectivity index is 2.54. The number of aliphatic hydroxyl groups excluding tert-OH is 1. The molecule has 0 spiro atoms. The highest BCUT2D eigenvalue weighted by molar-refractivity contribution is 5.24. The fourth-order valence-electron chi connectivity index (χ4n) is 1.64. The van der Waals surface area contributed by atoms with Gasteiger partial charge in [-0.25, -0.2) is 0 Å². The molecule has 0 saturated heterocycles. The van der Waals surface area contributed by atoms with Crippen molar-refractivity contribution in [2.24, 2.45) is 0 Å². The van der Waals surface area contributed by atoms with E-state index in [1.807, 2.05) is 13.1 Å². The molecule has 0 amide bonds. The topological polar surface area (TPSA) is 25.2 Å². The van der Waals surface area contributed by atoms with Gasteiger partial charge in [0.2, 0.25) is 0 Å². The molecule has 2 nitrogen and oxygen atoms in total. The number of nitrogens with zero attached hydrogens (tertiary/aromatic N) is 1. The summed E-state index contributed by atoms with van der Waals surface area (Å²) in [5.41, 5.74) is 2.32. The molecular formula is C8H11NO. The first kappa shape index (κ1) is 5.98. The van der Waals surface area contributed by atoms with Crippen LogP contribution in [0.4, 0.5) is 0 Å². The molecule has 10 heavy (non-hydrogen) atoms. The van der Waals surface area contributed by atoms with Crippen LogP contribution in [-0.2, 0) is 6.54 Å². The highest BCUT2D eigenvalue weighted by atomic mass is 16.3. The van der Waals surface area contributed by atoms with Crippen molar-refractivity contribution in [2.75, 3.05) is 0 Å². The summed E-state index contributed by atoms with van der Waals surface area (Å²) in [5, 5.41) is 9.43. The van der Waals surface area contributed by atoms with E-state index >= 15 is 0 Å². The smallest absolute Gasteiger partial charge is 0.0959 e. The van der Waals surface area contributed by atoms with E-state index in [9.17, 15) is 5.11 Å². The summed E-state index contributed by atoms with van der Waals surface area (Å²) in [4.78, 5) is 0. The van der Waals surface area contributed by atoms with Crippen LogP contribution in [0.2, 0.25) is 0 Å². The van der Waals surface area contributed by atoms with Crippen molar-refractivity contribution < 1.29 is 5.11 Å². The molecule has 1 aliphatic rings. The number of aliphatic hydroxyl groups is 1. The largest absolute Gasteiger partial charge is 0.387 e. The molecule has 1 atom stereocenters. The number of hydrogen-bond donors (Lipinski definition) is 1. The molecule has 2 heterocycles. The van der Waals surface area contributed by atoms with E-state index in [2.05, 4.69) is 10.6 Å². The highest BCUT2D eigenvalue weighted by Crippen LogP contribution is 2.28. The van der Waals surface area contributed by atoms with Crippen LogP contribution in [-0.4, -0.2) is 9.67 Å². The summed E-state index contributed by atoms with van der Waals surface area (Å²) in [6, 6.07) is 2.05. The third-order valence-electron chi connectivity index (χ3n) is 2.18. The first-order valence-corrected chi connectivity index (χ1v) is 3.63. The Labute approximate surface area is 60.1 Å². The van der Waals surface area contributed by atoms with Crippen LogP contribution >= 0.6 is 0 Å². The van der Waals surface area contributed by atoms with Crippen molar-refractivity contribution >= 4 is 0 Å². The molecule has 1 aromatic rings. The Morgan fingerprint density at radius 3 is 3.20 bits per heavy atom. The van der Waals surface area contributed by atoms with Crippen LogP contribution in [0.3, 0.4) is 0 Å². The zero-order chi connectivity index (χ0) is 7.14. The van der Waals surface area contributed by atoms with Crippen molar-refractivity contribution in [3.05, 3.63) is 23.5 Å². The van der Waals surface area contributed by atoms with Gasteiger partial charge in [-0.2, -0.15) is 0 Å². The van der Waals surface area contributed by atoms with E-state index in [4.69, 9.17) is 0 Å². The third kappa shape index (κ3) is 0.625. The average Bonchev–Trinajstić information content (AvgIpc) is 2.40. The van der Waals surface area contributed by atoms with E-state index in [1.54, 1.807) is 0 Å². The van der Waals surface area contributed by atoms with Gasteiger partial charge in [-0.05, 0) is 25.0 Å². The van der Waals surface area contributed by atoms with Gasteiger partial charge in [0.05, 0.1) is 6.10 Å². The summed E-state index contributed by atoms with van der Waals surface area (Å²) in [6.07, 6.45) is 2.72. The fraction of sp³-hybridized carbons (Fsp3) is 0.500. The van der Waals surface area contributed by atoms with E-state index in [0.717, 1.165) is 18.7 Å². The SMILES string of the molecule is Cc1ccn2c1C(O)CC2. The maximum Gasteiger partial charge on any atom is 0.0959 e. The molecule has 0 bridgehead atoms. The van der Waals surface area contributed by atoms with Crippen molar-refractivity contribution in [2.45, 2.75) is 26.0 Å². The Bertz CT molecular complexity index is 252. The summed E-state index contributed by atoms with van der Waals surface area (Å²) >= 11 is 0. The Kier molecular flexibility index (Phi) is 1.11. The van der Waals surface area contributed by atoms with Crippen LogP contribution in [0.25, 0.3) is 0 Å². The quantitative estimate of drug-likeness (QED) is 0.571. The van der Waals surface area contributed by atoms with Crippen LogP contribution < -0.4 is 0 Å². The Morgan fingerprint density at radius 1 is 1.70 bits per heavy atom. The van der Waals surface area contributed by atoms with Gasteiger partial charge in [-0.15, -0.1) is 0 Å². The molecule has 1 aromatic heterocycles. The van der Waals surface area contributed by atoms with Crippen molar-refractivity contribution in [3.8, 4) is 0 Å². The number of rotatable bonds is 0. The lowest BCUT2D eigenvalue weighted by atomic mass is 10.2. The van der Waals surface area contributed by atoms with Crippen LogP contribution in [0.1, 0.15) is 23.8 Å². The molecule has 54 valence electrons. The lowest BCUT2D eigenvalue weighted by Gasteiger charge is -2.00. The predicted octanol–water partition coefficient (Wildman–Crippen LogP) is 1.23. The number of hydrogen-bond acceptors (Lipinski definition) is 1. The molecule has 2 heteroatoms. The van der Waals surface area contributed by atoms with Gasteiger partial charge >= 0.3 is 0 Å². The van der Waals surface area contributed by atoms with Crippen molar-refractivity contribution in [3.63, 3.8) is 0 Å². The standard InChI is InChI=1S/C8H11NO/c1-6-2-4-9-5-3-7(10)8(6)9/h2,4,7,10H,3,5H2,1H3. The van der Waals surface area contributed by atoms with Gasteiger partial charge in [0.15, 0.2) is 0 Å². The number of fused-ring (bicyclic) bond motifs is 1. The van der Waals surface area contributed by atoms with E-state index in [0.29, 0.717) is 0 Å². The second-order valence-corrected chi connectivity index (χ2v) is 2.88. The van der Waals surface area contributed by atoms with E-state index < -0.39 is 0 Å². The highest BCUT2D eigenvalue weighted by Gasteiger charge is 2.21. The molecule has 1 aliphatic heterocycles. The summed E-state index contributed by atoms with van der Waals surface area (Å²) in [5.74, 6) is 0. The number of aromatic nitrogens is 1. The maximum atomic E-state index is 9.43. The summed E-state index contributed by atoms with van der Waals surface area (Å²) in [6.45, 7) is 3.02. The minimum Gasteiger partial charge on any atom is -0.387 e. The third-order valence-corrected chi connectivity index (χ3v) is 2.18. The molecule has 0 radical (unpaired) electrons. The normalized spacial score (nSPS) is 23.2. The van der Waals surface area contributed by atoms with Crippen molar-refractivity contribution in [1.82, 2.24) is 4.57 Å². The van der Waals surface area contributed by atoms with Gasteiger partial charge in [0.1, 0.15) is 0 Å². The zero-order valence-electron chi connectivity index (χ0n) is 6.04. The molecule has 0 aromatic carbocycles. The first-order chi connectivity index (χ1) is 4.79. The van der Waals surface area contributed by atoms with Crippen LogP contribution in [0.15, 0.2) is 12.3 Å². The minimum absolute atomic E-state index is 0.213. The molecular weight excluding hydrogens is 126 g/mol. The summed E-state index contributed by atoms with van der Waals surface area (Å²) in [7, 11) is 0. The second kappa shape index (κ2) is 1.86. The lowest BCUT2D eigenvalue weighted by Crippen LogP contribution is -1.92. The average molecular weight is 137 g/mol. The lowest BCUT2D eigenvalue weighted by molar-refractivity contribution is 0.179. The molecule has 1 unspecified atom stereocenters. The monoisotopic (exact) mass is 137 g/mol. The van der Waals surface area contributed by atoms with E-state index in [-0.39, 0.29) is 6.10 Å². The zero-order valence-corrected chi connectivity index (χ0v) is 6.04. The van der Waals surface area contributed by atoms with E-state index in [1.165, 1.54) is 5.56 Å². The van der Waals surface area contributed by atoms with Gasteiger partial charge < -0.3 is 9.67 Å². The van der Waals surface area contributed by atoms with Crippen molar-refractivity contribution in [1.29, 1.82) is 0 Å². The Hall–Kier alpha value is -0.760. The van der Waals surface area contributed by atoms with Gasteiger partial charge in [0.25, 0.3) is 0 Å². The first-order valence-electron chi connectivity index (χ1n) is 3.63. The van der Waals surface area contributed by atoms with Gasteiger partial charge in [0, 0.05) is 18.4 Å². The molecule has 0 aliphatic carbocycles.